The van der Waals surface area contributed by atoms with Crippen molar-refractivity contribution in [3.05, 3.63) is 88.8 Å². The van der Waals surface area contributed by atoms with Crippen molar-refractivity contribution < 1.29 is 35.5 Å². The predicted molar refractivity (Wildman–Crippen MR) is 121 cm³/mol. The summed E-state index contributed by atoms with van der Waals surface area (Å²) in [5.74, 6) is 4.00. The Morgan fingerprint density at radius 3 is 2.32 bits per heavy atom. The van der Waals surface area contributed by atoms with E-state index >= 15 is 0 Å². The molecule has 2 heterocycles. The molecule has 0 atom stereocenters. The van der Waals surface area contributed by atoms with Crippen LogP contribution in [0.3, 0.4) is 0 Å². The van der Waals surface area contributed by atoms with Crippen LogP contribution in [0.2, 0.25) is 0 Å². The lowest BCUT2D eigenvalue weighted by Crippen LogP contribution is -2.33. The van der Waals surface area contributed by atoms with Gasteiger partial charge in [-0.3, -0.25) is 14.8 Å². The van der Waals surface area contributed by atoms with Crippen molar-refractivity contribution in [2.24, 2.45) is 0 Å². The number of benzene rings is 1. The van der Waals surface area contributed by atoms with Gasteiger partial charge in [-0.1, -0.05) is 11.8 Å². The van der Waals surface area contributed by atoms with Crippen LogP contribution in [0.15, 0.2) is 55.0 Å². The Morgan fingerprint density at radius 1 is 1.00 bits per heavy atom. The third-order valence-electron chi connectivity index (χ3n) is 5.01. The molecule has 1 amide bonds. The minimum Gasteiger partial charge on any atom is -0.316 e. The molecule has 0 aliphatic carbocycles. The first-order valence-corrected chi connectivity index (χ1v) is 10.6. The van der Waals surface area contributed by atoms with E-state index in [1.54, 1.807) is 19.3 Å². The number of pyridine rings is 2. The molecule has 0 radical (unpaired) electrons. The molecule has 0 unspecified atom stereocenters. The molecule has 5 nitrogen and oxygen atoms in total. The molecule has 0 spiro atoms. The van der Waals surface area contributed by atoms with Crippen molar-refractivity contribution in [3.63, 3.8) is 0 Å². The van der Waals surface area contributed by atoms with Crippen molar-refractivity contribution in [1.29, 1.82) is 0 Å². The lowest BCUT2D eigenvalue weighted by atomic mass is 10.1. The van der Waals surface area contributed by atoms with Gasteiger partial charge in [0.2, 0.25) is 5.91 Å². The number of aromatic nitrogens is 2. The van der Waals surface area contributed by atoms with Crippen molar-refractivity contribution in [1.82, 2.24) is 15.3 Å². The summed E-state index contributed by atoms with van der Waals surface area (Å²) in [6, 6.07) is 6.23. The summed E-state index contributed by atoms with van der Waals surface area (Å²) < 4.78 is 92.8. The fourth-order valence-corrected chi connectivity index (χ4v) is 3.29. The number of rotatable bonds is 6. The van der Waals surface area contributed by atoms with E-state index in [4.69, 9.17) is 0 Å². The van der Waals surface area contributed by atoms with E-state index in [2.05, 4.69) is 27.1 Å². The highest BCUT2D eigenvalue weighted by atomic mass is 19.4. The minimum absolute atomic E-state index is 0.0806. The molecule has 0 bridgehead atoms. The molecule has 3 aromatic rings. The van der Waals surface area contributed by atoms with Gasteiger partial charge < -0.3 is 10.2 Å². The minimum atomic E-state index is -5.18. The first kappa shape index (κ1) is 27.6. The quantitative estimate of drug-likeness (QED) is 0.364. The van der Waals surface area contributed by atoms with Crippen molar-refractivity contribution in [2.45, 2.75) is 25.3 Å². The zero-order chi connectivity index (χ0) is 27.2. The maximum atomic E-state index is 13.5. The van der Waals surface area contributed by atoms with Gasteiger partial charge in [0.1, 0.15) is 5.82 Å². The van der Waals surface area contributed by atoms with Crippen LogP contribution in [0.1, 0.15) is 27.9 Å². The summed E-state index contributed by atoms with van der Waals surface area (Å²) in [5.41, 5.74) is -2.66. The van der Waals surface area contributed by atoms with Crippen LogP contribution in [0, 0.1) is 17.7 Å². The molecule has 0 aliphatic heterocycles. The third kappa shape index (κ3) is 7.50. The van der Waals surface area contributed by atoms with E-state index in [0.29, 0.717) is 12.1 Å². The maximum Gasteiger partial charge on any atom is 0.418 e. The van der Waals surface area contributed by atoms with Gasteiger partial charge in [-0.2, -0.15) is 26.3 Å². The van der Waals surface area contributed by atoms with Crippen LogP contribution in [0.25, 0.3) is 0 Å². The Morgan fingerprint density at radius 2 is 1.70 bits per heavy atom. The number of anilines is 1. The fourth-order valence-electron chi connectivity index (χ4n) is 3.29. The molecular formula is C25H19F7N4O. The molecule has 0 saturated carbocycles. The highest BCUT2D eigenvalue weighted by Crippen LogP contribution is 2.36. The number of halogens is 7. The number of hydrogen-bond donors (Lipinski definition) is 1. The number of hydrogen-bond acceptors (Lipinski definition) is 4. The Labute approximate surface area is 207 Å². The summed E-state index contributed by atoms with van der Waals surface area (Å²) >= 11 is 0. The normalized spacial score (nSPS) is 11.6. The molecular weight excluding hydrogens is 505 g/mol. The van der Waals surface area contributed by atoms with Crippen LogP contribution in [-0.2, 0) is 30.1 Å². The smallest absolute Gasteiger partial charge is 0.316 e. The molecule has 0 saturated heterocycles. The molecule has 37 heavy (non-hydrogen) atoms. The van der Waals surface area contributed by atoms with Gasteiger partial charge in [0.15, 0.2) is 0 Å². The third-order valence-corrected chi connectivity index (χ3v) is 5.01. The Bertz CT molecular complexity index is 1310. The first-order valence-electron chi connectivity index (χ1n) is 10.6. The summed E-state index contributed by atoms with van der Waals surface area (Å²) in [7, 11) is 1.75. The van der Waals surface area contributed by atoms with Gasteiger partial charge in [0.05, 0.1) is 29.8 Å². The average Bonchev–Trinajstić information content (AvgIpc) is 2.82. The van der Waals surface area contributed by atoms with E-state index in [0.717, 1.165) is 22.6 Å². The van der Waals surface area contributed by atoms with Crippen LogP contribution in [0.4, 0.5) is 36.4 Å². The van der Waals surface area contributed by atoms with E-state index in [1.807, 2.05) is 0 Å². The number of nitrogens with zero attached hydrogens (tertiary/aromatic N) is 3. The molecule has 194 valence electrons. The van der Waals surface area contributed by atoms with E-state index in [1.165, 1.54) is 18.3 Å². The molecule has 2 aromatic heterocycles. The SMILES string of the molecule is CNCc1cncc(C#CCN(C(=O)Cc2ncc(C(F)(F)F)cc2C(F)(F)F)c2ccc(F)cc2)c1. The zero-order valence-electron chi connectivity index (χ0n) is 19.2. The topological polar surface area (TPSA) is 58.1 Å². The van der Waals surface area contributed by atoms with Crippen molar-refractivity contribution in [3.8, 4) is 11.8 Å². The number of nitrogens with one attached hydrogen (secondary N) is 1. The first-order chi connectivity index (χ1) is 17.4. The monoisotopic (exact) mass is 524 g/mol. The Hall–Kier alpha value is -3.98. The largest absolute Gasteiger partial charge is 0.418 e. The second-order valence-corrected chi connectivity index (χ2v) is 7.76. The van der Waals surface area contributed by atoms with Crippen LogP contribution in [-0.4, -0.2) is 29.5 Å². The van der Waals surface area contributed by atoms with E-state index < -0.39 is 47.3 Å². The second kappa shape index (κ2) is 11.4. The second-order valence-electron chi connectivity index (χ2n) is 7.76. The van der Waals surface area contributed by atoms with Gasteiger partial charge in [-0.15, -0.1) is 0 Å². The molecule has 1 N–H and O–H groups in total. The fraction of sp³-hybridized carbons (Fsp3) is 0.240. The Kier molecular flexibility index (Phi) is 8.49. The number of carbonyl (C=O) groups excluding carboxylic acids is 1. The number of alkyl halides is 6. The van der Waals surface area contributed by atoms with Crippen LogP contribution in [0.5, 0.6) is 0 Å². The highest BCUT2D eigenvalue weighted by Gasteiger charge is 2.39. The zero-order valence-corrected chi connectivity index (χ0v) is 19.2. The van der Waals surface area contributed by atoms with E-state index in [9.17, 15) is 35.5 Å². The number of amides is 1. The highest BCUT2D eigenvalue weighted by molar-refractivity contribution is 5.95. The number of carbonyl (C=O) groups is 1. The summed E-state index contributed by atoms with van der Waals surface area (Å²) in [4.78, 5) is 21.4. The van der Waals surface area contributed by atoms with Crippen molar-refractivity contribution >= 4 is 11.6 Å². The lowest BCUT2D eigenvalue weighted by Gasteiger charge is -2.21. The summed E-state index contributed by atoms with van der Waals surface area (Å²) in [5, 5.41) is 2.96. The van der Waals surface area contributed by atoms with Crippen LogP contribution < -0.4 is 10.2 Å². The van der Waals surface area contributed by atoms with Gasteiger partial charge in [0, 0.05) is 36.4 Å². The average molecular weight is 524 g/mol. The van der Waals surface area contributed by atoms with Gasteiger partial charge in [-0.25, -0.2) is 4.39 Å². The molecule has 0 fully saturated rings. The van der Waals surface area contributed by atoms with Gasteiger partial charge in [0.25, 0.3) is 0 Å². The van der Waals surface area contributed by atoms with E-state index in [-0.39, 0.29) is 24.5 Å². The van der Waals surface area contributed by atoms with Gasteiger partial charge >= 0.3 is 12.4 Å². The summed E-state index contributed by atoms with van der Waals surface area (Å²) in [6.07, 6.45) is -7.85. The van der Waals surface area contributed by atoms with Gasteiger partial charge in [-0.05, 0) is 49.0 Å². The summed E-state index contributed by atoms with van der Waals surface area (Å²) in [6.45, 7) is 0.229. The molecule has 0 aliphatic rings. The Balaban J connectivity index is 1.92. The molecule has 3 rings (SSSR count). The molecule has 12 heteroatoms. The predicted octanol–water partition coefficient (Wildman–Crippen LogP) is 5.00. The standard InChI is InChI=1S/C25H19F7N4O/c1-33-12-17-9-16(13-34-14-17)3-2-8-36(20-6-4-19(26)5-7-20)23(37)11-22-21(25(30,31)32)10-18(15-35-22)24(27,28)29/h4-7,9-10,13-15,33H,8,11-12H2,1H3. The van der Waals surface area contributed by atoms with Crippen LogP contribution >= 0.6 is 0 Å². The molecule has 1 aromatic carbocycles. The van der Waals surface area contributed by atoms with Crippen molar-refractivity contribution in [2.75, 3.05) is 18.5 Å². The lowest BCUT2D eigenvalue weighted by molar-refractivity contribution is -0.143. The maximum absolute atomic E-state index is 13.5.